The third-order valence-corrected chi connectivity index (χ3v) is 5.34. The molecule has 144 valence electrons. The molecule has 9 heteroatoms. The third kappa shape index (κ3) is 4.27. The average Bonchev–Trinajstić information content (AvgIpc) is 2.63. The maximum atomic E-state index is 13.7. The van der Waals surface area contributed by atoms with Crippen LogP contribution in [-0.4, -0.2) is 28.0 Å². The van der Waals surface area contributed by atoms with E-state index in [4.69, 9.17) is 23.2 Å². The number of aromatic nitrogens is 1. The van der Waals surface area contributed by atoms with Gasteiger partial charge in [0.05, 0.1) is 27.3 Å². The first-order valence-corrected chi connectivity index (χ1v) is 9.53. The quantitative estimate of drug-likeness (QED) is 0.540. The lowest BCUT2D eigenvalue weighted by molar-refractivity contribution is -0.139. The molecule has 2 N–H and O–H groups in total. The van der Waals surface area contributed by atoms with Gasteiger partial charge in [-0.1, -0.05) is 35.3 Å². The summed E-state index contributed by atoms with van der Waals surface area (Å²) in [6, 6.07) is 7.86. The molecular formula is C19H12BrCl2FN2O3. The standard InChI is InChI=1S/C19H12BrCl2FN2O3/c20-12-5-4-9(11-7-10(23)8-24-17(11)12)6-15(19(27)28)25-18(26)16-13(21)2-1-3-14(16)22/h1-5,7-8,15H,6H2,(H,25,26)(H,27,28)/t15-/m0/s1. The SMILES string of the molecule is O=C(N[C@@H](Cc1ccc(Br)c2ncc(F)cc12)C(=O)O)c1c(Cl)cccc1Cl. The molecule has 0 aliphatic heterocycles. The molecular weight excluding hydrogens is 474 g/mol. The molecule has 0 spiro atoms. The van der Waals surface area contributed by atoms with Crippen molar-refractivity contribution in [1.82, 2.24) is 10.3 Å². The van der Waals surface area contributed by atoms with Gasteiger partial charge in [-0.3, -0.25) is 9.78 Å². The molecule has 3 rings (SSSR count). The second kappa shape index (κ2) is 8.43. The number of hydrogen-bond donors (Lipinski definition) is 2. The van der Waals surface area contributed by atoms with Crippen molar-refractivity contribution in [2.45, 2.75) is 12.5 Å². The van der Waals surface area contributed by atoms with Gasteiger partial charge in [0.15, 0.2) is 0 Å². The zero-order valence-corrected chi connectivity index (χ0v) is 17.1. The highest BCUT2D eigenvalue weighted by molar-refractivity contribution is 9.10. The van der Waals surface area contributed by atoms with E-state index in [0.717, 1.165) is 6.20 Å². The average molecular weight is 486 g/mol. The highest BCUT2D eigenvalue weighted by Gasteiger charge is 2.24. The van der Waals surface area contributed by atoms with E-state index in [9.17, 15) is 19.1 Å². The molecule has 5 nitrogen and oxygen atoms in total. The van der Waals surface area contributed by atoms with Gasteiger partial charge in [0.2, 0.25) is 0 Å². The van der Waals surface area contributed by atoms with Crippen molar-refractivity contribution in [3.63, 3.8) is 0 Å². The maximum Gasteiger partial charge on any atom is 0.326 e. The molecule has 0 radical (unpaired) electrons. The molecule has 0 aliphatic carbocycles. The molecule has 1 heterocycles. The molecule has 0 unspecified atom stereocenters. The number of rotatable bonds is 5. The Morgan fingerprint density at radius 1 is 1.21 bits per heavy atom. The van der Waals surface area contributed by atoms with Crippen molar-refractivity contribution >= 4 is 61.9 Å². The number of carbonyl (C=O) groups is 2. The summed E-state index contributed by atoms with van der Waals surface area (Å²) in [5.74, 6) is -2.52. The van der Waals surface area contributed by atoms with E-state index in [2.05, 4.69) is 26.2 Å². The molecule has 3 aromatic rings. The van der Waals surface area contributed by atoms with Crippen LogP contribution in [0.1, 0.15) is 15.9 Å². The number of carbonyl (C=O) groups excluding carboxylic acids is 1. The number of aliphatic carboxylic acids is 1. The van der Waals surface area contributed by atoms with Crippen LogP contribution in [0.3, 0.4) is 0 Å². The number of carboxylic acid groups (broad SMARTS) is 1. The van der Waals surface area contributed by atoms with Crippen molar-refractivity contribution in [2.24, 2.45) is 0 Å². The van der Waals surface area contributed by atoms with Gasteiger partial charge < -0.3 is 10.4 Å². The van der Waals surface area contributed by atoms with Crippen LogP contribution in [0.25, 0.3) is 10.9 Å². The van der Waals surface area contributed by atoms with Crippen molar-refractivity contribution in [3.8, 4) is 0 Å². The van der Waals surface area contributed by atoms with Gasteiger partial charge in [-0.15, -0.1) is 0 Å². The number of fused-ring (bicyclic) bond motifs is 1. The van der Waals surface area contributed by atoms with Crippen LogP contribution in [-0.2, 0) is 11.2 Å². The molecule has 1 aromatic heterocycles. The fraction of sp³-hybridized carbons (Fsp3) is 0.105. The van der Waals surface area contributed by atoms with Crippen LogP contribution < -0.4 is 5.32 Å². The van der Waals surface area contributed by atoms with Crippen molar-refractivity contribution in [1.29, 1.82) is 0 Å². The van der Waals surface area contributed by atoms with Crippen LogP contribution in [0.2, 0.25) is 10.0 Å². The van der Waals surface area contributed by atoms with Gasteiger partial charge in [-0.2, -0.15) is 0 Å². The van der Waals surface area contributed by atoms with Gasteiger partial charge in [-0.05, 0) is 45.8 Å². The summed E-state index contributed by atoms with van der Waals surface area (Å²) in [7, 11) is 0. The minimum Gasteiger partial charge on any atom is -0.480 e. The predicted octanol–water partition coefficient (Wildman–Crippen LogP) is 4.87. The Bertz CT molecular complexity index is 1070. The van der Waals surface area contributed by atoms with E-state index in [-0.39, 0.29) is 22.0 Å². The Labute approximate surface area is 177 Å². The third-order valence-electron chi connectivity index (χ3n) is 4.07. The molecule has 0 fully saturated rings. The van der Waals surface area contributed by atoms with Gasteiger partial charge in [0, 0.05) is 16.3 Å². The molecule has 2 aromatic carbocycles. The van der Waals surface area contributed by atoms with Gasteiger partial charge in [0.1, 0.15) is 11.9 Å². The summed E-state index contributed by atoms with van der Waals surface area (Å²) in [6.07, 6.45) is 0.991. The summed E-state index contributed by atoms with van der Waals surface area (Å²) < 4.78 is 14.3. The predicted molar refractivity (Wildman–Crippen MR) is 108 cm³/mol. The number of hydrogen-bond acceptors (Lipinski definition) is 3. The van der Waals surface area contributed by atoms with Gasteiger partial charge in [-0.25, -0.2) is 9.18 Å². The normalized spacial score (nSPS) is 12.0. The van der Waals surface area contributed by atoms with Gasteiger partial charge in [0.25, 0.3) is 5.91 Å². The molecule has 1 amide bonds. The van der Waals surface area contributed by atoms with Crippen LogP contribution in [0.15, 0.2) is 47.1 Å². The van der Waals surface area contributed by atoms with Crippen LogP contribution in [0.5, 0.6) is 0 Å². The van der Waals surface area contributed by atoms with E-state index in [1.54, 1.807) is 18.2 Å². The van der Waals surface area contributed by atoms with Crippen molar-refractivity contribution in [2.75, 3.05) is 0 Å². The number of nitrogens with zero attached hydrogens (tertiary/aromatic N) is 1. The molecule has 28 heavy (non-hydrogen) atoms. The summed E-state index contributed by atoms with van der Waals surface area (Å²) in [6.45, 7) is 0. The number of nitrogens with one attached hydrogen (secondary N) is 1. The smallest absolute Gasteiger partial charge is 0.326 e. The second-order valence-corrected chi connectivity index (χ2v) is 7.59. The number of amides is 1. The fourth-order valence-corrected chi connectivity index (χ4v) is 3.78. The first-order chi connectivity index (χ1) is 13.3. The summed E-state index contributed by atoms with van der Waals surface area (Å²) in [4.78, 5) is 28.3. The number of pyridine rings is 1. The van der Waals surface area contributed by atoms with E-state index in [0.29, 0.717) is 20.9 Å². The Morgan fingerprint density at radius 2 is 1.89 bits per heavy atom. The lowest BCUT2D eigenvalue weighted by Crippen LogP contribution is -2.42. The largest absolute Gasteiger partial charge is 0.480 e. The van der Waals surface area contributed by atoms with E-state index in [1.807, 2.05) is 0 Å². The maximum absolute atomic E-state index is 13.7. The molecule has 0 saturated carbocycles. The first kappa shape index (κ1) is 20.5. The Morgan fingerprint density at radius 3 is 2.54 bits per heavy atom. The fourth-order valence-electron chi connectivity index (χ4n) is 2.76. The number of carboxylic acids is 1. The highest BCUT2D eigenvalue weighted by atomic mass is 79.9. The monoisotopic (exact) mass is 484 g/mol. The lowest BCUT2D eigenvalue weighted by Gasteiger charge is -2.17. The Kier molecular flexibility index (Phi) is 6.17. The molecule has 0 bridgehead atoms. The second-order valence-electron chi connectivity index (χ2n) is 5.92. The van der Waals surface area contributed by atoms with Crippen LogP contribution in [0, 0.1) is 5.82 Å². The zero-order chi connectivity index (χ0) is 20.4. The lowest BCUT2D eigenvalue weighted by atomic mass is 10.0. The van der Waals surface area contributed by atoms with E-state index >= 15 is 0 Å². The summed E-state index contributed by atoms with van der Waals surface area (Å²) in [5.41, 5.74) is 0.997. The minimum absolute atomic E-state index is 0.00883. The number of benzene rings is 2. The zero-order valence-electron chi connectivity index (χ0n) is 14.0. The number of halogens is 4. The van der Waals surface area contributed by atoms with Crippen molar-refractivity contribution in [3.05, 3.63) is 74.1 Å². The first-order valence-electron chi connectivity index (χ1n) is 7.98. The molecule has 0 aliphatic rings. The Hall–Kier alpha value is -2.22. The van der Waals surface area contributed by atoms with Crippen LogP contribution in [0.4, 0.5) is 4.39 Å². The summed E-state index contributed by atoms with van der Waals surface area (Å²) in [5, 5.41) is 12.7. The molecule has 0 saturated heterocycles. The van der Waals surface area contributed by atoms with E-state index < -0.39 is 23.7 Å². The molecule has 1 atom stereocenters. The van der Waals surface area contributed by atoms with E-state index in [1.165, 1.54) is 18.2 Å². The Balaban J connectivity index is 1.94. The topological polar surface area (TPSA) is 79.3 Å². The van der Waals surface area contributed by atoms with Crippen molar-refractivity contribution < 1.29 is 19.1 Å². The van der Waals surface area contributed by atoms with Crippen LogP contribution >= 0.6 is 39.1 Å². The highest BCUT2D eigenvalue weighted by Crippen LogP contribution is 2.27. The van der Waals surface area contributed by atoms with Gasteiger partial charge >= 0.3 is 5.97 Å². The minimum atomic E-state index is -1.28. The summed E-state index contributed by atoms with van der Waals surface area (Å²) >= 11 is 15.4.